The fraction of sp³-hybridized carbons (Fsp3) is 0. The monoisotopic (exact) mass is 418 g/mol. The number of hydrogen-bond acceptors (Lipinski definition) is 4. The van der Waals surface area contributed by atoms with Gasteiger partial charge in [-0.2, -0.15) is 0 Å². The number of benzene rings is 5. The second kappa shape index (κ2) is 6.79. The number of para-hydroxylation sites is 1. The van der Waals surface area contributed by atoms with Crippen LogP contribution in [0.2, 0.25) is 0 Å². The van der Waals surface area contributed by atoms with Crippen LogP contribution in [0.3, 0.4) is 0 Å². The normalized spacial score (nSPS) is 11.5. The quantitative estimate of drug-likeness (QED) is 0.260. The van der Waals surface area contributed by atoms with Gasteiger partial charge >= 0.3 is 0 Å². The fourth-order valence-electron chi connectivity index (χ4n) is 4.57. The van der Waals surface area contributed by atoms with Gasteiger partial charge in [-0.1, -0.05) is 54.6 Å². The van der Waals surface area contributed by atoms with Gasteiger partial charge in [0.2, 0.25) is 0 Å². The van der Waals surface area contributed by atoms with Gasteiger partial charge in [-0.3, -0.25) is 0 Å². The molecule has 6 aromatic rings. The number of phenols is 3. The van der Waals surface area contributed by atoms with Crippen LogP contribution in [0, 0.1) is 0 Å². The molecule has 1 heterocycles. The molecule has 3 N–H and O–H groups in total. The molecule has 4 nitrogen and oxygen atoms in total. The first-order valence-corrected chi connectivity index (χ1v) is 10.3. The van der Waals surface area contributed by atoms with Crippen LogP contribution < -0.4 is 0 Å². The first kappa shape index (κ1) is 18.3. The van der Waals surface area contributed by atoms with Crippen LogP contribution in [-0.2, 0) is 0 Å². The van der Waals surface area contributed by atoms with E-state index in [9.17, 15) is 15.3 Å². The largest absolute Gasteiger partial charge is 0.508 e. The lowest BCUT2D eigenvalue weighted by Crippen LogP contribution is -1.85. The van der Waals surface area contributed by atoms with Crippen molar-refractivity contribution in [2.45, 2.75) is 0 Å². The van der Waals surface area contributed by atoms with Gasteiger partial charge in [0.1, 0.15) is 28.6 Å². The van der Waals surface area contributed by atoms with Crippen LogP contribution in [0.1, 0.15) is 0 Å². The zero-order valence-electron chi connectivity index (χ0n) is 16.9. The van der Waals surface area contributed by atoms with Gasteiger partial charge in [-0.05, 0) is 47.2 Å². The molecule has 154 valence electrons. The average Bonchev–Trinajstić information content (AvgIpc) is 3.21. The number of fused-ring (bicyclic) bond motifs is 6. The second-order valence-electron chi connectivity index (χ2n) is 7.82. The first-order chi connectivity index (χ1) is 15.6. The van der Waals surface area contributed by atoms with Crippen molar-refractivity contribution in [1.82, 2.24) is 0 Å². The summed E-state index contributed by atoms with van der Waals surface area (Å²) in [4.78, 5) is 0. The Morgan fingerprint density at radius 1 is 0.531 bits per heavy atom. The van der Waals surface area contributed by atoms with Crippen molar-refractivity contribution in [3.63, 3.8) is 0 Å². The van der Waals surface area contributed by atoms with Crippen LogP contribution in [-0.4, -0.2) is 15.3 Å². The molecule has 0 radical (unpaired) electrons. The van der Waals surface area contributed by atoms with Gasteiger partial charge in [-0.25, -0.2) is 0 Å². The van der Waals surface area contributed by atoms with E-state index in [2.05, 4.69) is 0 Å². The molecule has 0 aliphatic rings. The Hall–Kier alpha value is -4.44. The van der Waals surface area contributed by atoms with Crippen molar-refractivity contribution in [2.24, 2.45) is 0 Å². The maximum absolute atomic E-state index is 10.8. The Labute approximate surface area is 183 Å². The zero-order chi connectivity index (χ0) is 21.8. The van der Waals surface area contributed by atoms with Gasteiger partial charge < -0.3 is 19.7 Å². The van der Waals surface area contributed by atoms with Gasteiger partial charge in [-0.15, -0.1) is 0 Å². The average molecular weight is 418 g/mol. The van der Waals surface area contributed by atoms with Crippen molar-refractivity contribution >= 4 is 32.5 Å². The summed E-state index contributed by atoms with van der Waals surface area (Å²) in [5, 5.41) is 35.5. The van der Waals surface area contributed by atoms with E-state index in [0.717, 1.165) is 38.1 Å². The number of rotatable bonds is 2. The van der Waals surface area contributed by atoms with Crippen LogP contribution in [0.25, 0.3) is 55.0 Å². The molecule has 0 aliphatic heterocycles. The Kier molecular flexibility index (Phi) is 3.89. The van der Waals surface area contributed by atoms with Gasteiger partial charge in [0.05, 0.1) is 0 Å². The van der Waals surface area contributed by atoms with E-state index in [4.69, 9.17) is 4.42 Å². The van der Waals surface area contributed by atoms with E-state index in [1.54, 1.807) is 48.5 Å². The molecule has 0 fully saturated rings. The Morgan fingerprint density at radius 3 is 1.91 bits per heavy atom. The highest BCUT2D eigenvalue weighted by molar-refractivity contribution is 6.29. The van der Waals surface area contributed by atoms with E-state index in [1.165, 1.54) is 0 Å². The summed E-state index contributed by atoms with van der Waals surface area (Å²) < 4.78 is 6.51. The summed E-state index contributed by atoms with van der Waals surface area (Å²) in [5.74, 6) is 1.08. The standard InChI is InChI=1S/C28H18O4/c29-17-14-12-16(13-15-17)27-26(20-8-3-4-10-22(20)30)25-19-7-2-1-6-18(19)24-21(28(25)32-27)9-5-11-23(24)31/h1-15,29-31H. The molecule has 0 aliphatic carbocycles. The molecular weight excluding hydrogens is 400 g/mol. The summed E-state index contributed by atoms with van der Waals surface area (Å²) in [7, 11) is 0. The van der Waals surface area contributed by atoms with Crippen molar-refractivity contribution in [2.75, 3.05) is 0 Å². The maximum atomic E-state index is 10.8. The smallest absolute Gasteiger partial charge is 0.144 e. The van der Waals surface area contributed by atoms with Gasteiger partial charge in [0, 0.05) is 32.8 Å². The summed E-state index contributed by atoms with van der Waals surface area (Å²) >= 11 is 0. The van der Waals surface area contributed by atoms with Crippen LogP contribution in [0.15, 0.2) is 95.4 Å². The minimum Gasteiger partial charge on any atom is -0.508 e. The van der Waals surface area contributed by atoms with Crippen molar-refractivity contribution in [3.8, 4) is 39.7 Å². The maximum Gasteiger partial charge on any atom is 0.144 e. The lowest BCUT2D eigenvalue weighted by atomic mass is 9.92. The number of phenolic OH excluding ortho intramolecular Hbond substituents is 3. The molecule has 0 spiro atoms. The third-order valence-corrected chi connectivity index (χ3v) is 5.96. The van der Waals surface area contributed by atoms with Crippen molar-refractivity contribution in [3.05, 3.63) is 91.0 Å². The Morgan fingerprint density at radius 2 is 1.16 bits per heavy atom. The lowest BCUT2D eigenvalue weighted by molar-refractivity contribution is 0.475. The fourth-order valence-corrected chi connectivity index (χ4v) is 4.57. The molecule has 4 heteroatoms. The number of aromatic hydroxyl groups is 3. The zero-order valence-corrected chi connectivity index (χ0v) is 16.9. The molecule has 0 atom stereocenters. The summed E-state index contributed by atoms with van der Waals surface area (Å²) in [5.41, 5.74) is 2.83. The van der Waals surface area contributed by atoms with Crippen molar-refractivity contribution in [1.29, 1.82) is 0 Å². The first-order valence-electron chi connectivity index (χ1n) is 10.3. The van der Waals surface area contributed by atoms with E-state index in [0.29, 0.717) is 16.9 Å². The highest BCUT2D eigenvalue weighted by Crippen LogP contribution is 2.50. The molecule has 6 rings (SSSR count). The molecule has 1 aromatic heterocycles. The second-order valence-corrected chi connectivity index (χ2v) is 7.82. The van der Waals surface area contributed by atoms with Crippen LogP contribution in [0.5, 0.6) is 17.2 Å². The van der Waals surface area contributed by atoms with E-state index >= 15 is 0 Å². The number of hydrogen-bond donors (Lipinski definition) is 3. The predicted molar refractivity (Wildman–Crippen MR) is 127 cm³/mol. The summed E-state index contributed by atoms with van der Waals surface area (Å²) in [6, 6.07) is 27.3. The molecular formula is C28H18O4. The Balaban J connectivity index is 1.89. The van der Waals surface area contributed by atoms with Gasteiger partial charge in [0.15, 0.2) is 0 Å². The molecule has 0 unspecified atom stereocenters. The molecule has 0 bridgehead atoms. The van der Waals surface area contributed by atoms with Gasteiger partial charge in [0.25, 0.3) is 0 Å². The molecule has 0 saturated carbocycles. The van der Waals surface area contributed by atoms with E-state index in [-0.39, 0.29) is 17.2 Å². The molecule has 32 heavy (non-hydrogen) atoms. The SMILES string of the molecule is Oc1ccc(-c2oc3c4cccc(O)c4c4ccccc4c3c2-c2ccccc2O)cc1. The summed E-state index contributed by atoms with van der Waals surface area (Å²) in [6.07, 6.45) is 0. The van der Waals surface area contributed by atoms with Crippen LogP contribution >= 0.6 is 0 Å². The lowest BCUT2D eigenvalue weighted by Gasteiger charge is -2.10. The third kappa shape index (κ3) is 2.56. The molecule has 0 amide bonds. The van der Waals surface area contributed by atoms with Crippen molar-refractivity contribution < 1.29 is 19.7 Å². The minimum atomic E-state index is 0.148. The molecule has 5 aromatic carbocycles. The predicted octanol–water partition coefficient (Wildman–Crippen LogP) is 7.19. The van der Waals surface area contributed by atoms with E-state index < -0.39 is 0 Å². The summed E-state index contributed by atoms with van der Waals surface area (Å²) in [6.45, 7) is 0. The third-order valence-electron chi connectivity index (χ3n) is 5.96. The highest BCUT2D eigenvalue weighted by Gasteiger charge is 2.24. The highest BCUT2D eigenvalue weighted by atomic mass is 16.3. The van der Waals surface area contributed by atoms with E-state index in [1.807, 2.05) is 42.5 Å². The topological polar surface area (TPSA) is 73.8 Å². The van der Waals surface area contributed by atoms with Crippen LogP contribution in [0.4, 0.5) is 0 Å². The minimum absolute atomic E-state index is 0.148. The molecule has 0 saturated heterocycles. The number of furan rings is 1. The Bertz CT molecular complexity index is 1640.